The van der Waals surface area contributed by atoms with Crippen molar-refractivity contribution in [2.75, 3.05) is 13.2 Å². The van der Waals surface area contributed by atoms with Gasteiger partial charge >= 0.3 is 0 Å². The summed E-state index contributed by atoms with van der Waals surface area (Å²) >= 11 is 0. The van der Waals surface area contributed by atoms with Crippen LogP contribution in [0.1, 0.15) is 32.8 Å². The number of aromatic hydroxyl groups is 1. The van der Waals surface area contributed by atoms with Gasteiger partial charge in [0.15, 0.2) is 11.5 Å². The van der Waals surface area contributed by atoms with Crippen LogP contribution in [0, 0.1) is 0 Å². The van der Waals surface area contributed by atoms with E-state index in [9.17, 15) is 9.90 Å². The normalized spacial score (nSPS) is 11.9. The SMILES string of the molecule is CCCNC(=O)C(C)NCc1ccc(O)c(OCC)c1. The highest BCUT2D eigenvalue weighted by Gasteiger charge is 2.11. The number of benzene rings is 1. The molecule has 5 heteroatoms. The Bertz CT molecular complexity index is 435. The summed E-state index contributed by atoms with van der Waals surface area (Å²) in [6.45, 7) is 7.45. The fourth-order valence-corrected chi connectivity index (χ4v) is 1.70. The molecule has 0 saturated carbocycles. The van der Waals surface area contributed by atoms with Crippen molar-refractivity contribution < 1.29 is 14.6 Å². The van der Waals surface area contributed by atoms with Crippen LogP contribution in [-0.2, 0) is 11.3 Å². The molecular formula is C15H24N2O3. The molecule has 1 atom stereocenters. The second kappa shape index (κ2) is 8.43. The van der Waals surface area contributed by atoms with E-state index in [2.05, 4.69) is 10.6 Å². The standard InChI is InChI=1S/C15H24N2O3/c1-4-8-16-15(19)11(3)17-10-12-6-7-13(18)14(9-12)20-5-2/h6-7,9,11,17-18H,4-5,8,10H2,1-3H3,(H,16,19). The molecule has 1 aromatic rings. The lowest BCUT2D eigenvalue weighted by Crippen LogP contribution is -2.42. The van der Waals surface area contributed by atoms with E-state index in [1.165, 1.54) is 0 Å². The summed E-state index contributed by atoms with van der Waals surface area (Å²) in [7, 11) is 0. The minimum atomic E-state index is -0.258. The van der Waals surface area contributed by atoms with Gasteiger partial charge in [0.2, 0.25) is 5.91 Å². The molecule has 1 rings (SSSR count). The number of nitrogens with one attached hydrogen (secondary N) is 2. The number of phenolic OH excluding ortho intramolecular Hbond substituents is 1. The highest BCUT2D eigenvalue weighted by atomic mass is 16.5. The highest BCUT2D eigenvalue weighted by Crippen LogP contribution is 2.26. The first kappa shape index (κ1) is 16.3. The maximum Gasteiger partial charge on any atom is 0.236 e. The largest absolute Gasteiger partial charge is 0.504 e. The molecule has 0 spiro atoms. The van der Waals surface area contributed by atoms with Crippen LogP contribution in [0.2, 0.25) is 0 Å². The van der Waals surface area contributed by atoms with Crippen LogP contribution in [0.5, 0.6) is 11.5 Å². The maximum atomic E-state index is 11.7. The molecular weight excluding hydrogens is 256 g/mol. The maximum absolute atomic E-state index is 11.7. The van der Waals surface area contributed by atoms with E-state index >= 15 is 0 Å². The molecule has 112 valence electrons. The number of amides is 1. The Morgan fingerprint density at radius 1 is 1.40 bits per heavy atom. The summed E-state index contributed by atoms with van der Waals surface area (Å²) in [4.78, 5) is 11.7. The fourth-order valence-electron chi connectivity index (χ4n) is 1.70. The third-order valence-electron chi connectivity index (χ3n) is 2.88. The molecule has 3 N–H and O–H groups in total. The molecule has 0 aliphatic carbocycles. The van der Waals surface area contributed by atoms with Crippen LogP contribution < -0.4 is 15.4 Å². The Hall–Kier alpha value is -1.75. The summed E-state index contributed by atoms with van der Waals surface area (Å²) in [6, 6.07) is 4.93. The zero-order valence-electron chi connectivity index (χ0n) is 12.4. The summed E-state index contributed by atoms with van der Waals surface area (Å²) < 4.78 is 5.33. The molecule has 20 heavy (non-hydrogen) atoms. The van der Waals surface area contributed by atoms with Crippen LogP contribution in [-0.4, -0.2) is 30.2 Å². The number of hydrogen-bond acceptors (Lipinski definition) is 4. The van der Waals surface area contributed by atoms with Crippen molar-refractivity contribution in [3.05, 3.63) is 23.8 Å². The van der Waals surface area contributed by atoms with Gasteiger partial charge in [-0.2, -0.15) is 0 Å². The number of rotatable bonds is 8. The van der Waals surface area contributed by atoms with Crippen LogP contribution in [0.4, 0.5) is 0 Å². The van der Waals surface area contributed by atoms with Gasteiger partial charge in [-0.25, -0.2) is 0 Å². The van der Waals surface area contributed by atoms with E-state index in [1.54, 1.807) is 12.1 Å². The summed E-state index contributed by atoms with van der Waals surface area (Å²) in [6.07, 6.45) is 0.925. The van der Waals surface area contributed by atoms with E-state index in [0.29, 0.717) is 25.4 Å². The van der Waals surface area contributed by atoms with Gasteiger partial charge in [-0.05, 0) is 38.0 Å². The lowest BCUT2D eigenvalue weighted by Gasteiger charge is -2.14. The Kier molecular flexibility index (Phi) is 6.87. The molecule has 0 radical (unpaired) electrons. The highest BCUT2D eigenvalue weighted by molar-refractivity contribution is 5.81. The molecule has 0 aromatic heterocycles. The number of carbonyl (C=O) groups is 1. The van der Waals surface area contributed by atoms with E-state index in [1.807, 2.05) is 26.8 Å². The van der Waals surface area contributed by atoms with E-state index in [4.69, 9.17) is 4.74 Å². The topological polar surface area (TPSA) is 70.6 Å². The first-order valence-corrected chi connectivity index (χ1v) is 7.04. The van der Waals surface area contributed by atoms with Crippen molar-refractivity contribution in [1.82, 2.24) is 10.6 Å². The Balaban J connectivity index is 2.52. The summed E-state index contributed by atoms with van der Waals surface area (Å²) in [5.74, 6) is 0.592. The van der Waals surface area contributed by atoms with Crippen LogP contribution in [0.3, 0.4) is 0 Å². The zero-order valence-corrected chi connectivity index (χ0v) is 12.4. The van der Waals surface area contributed by atoms with Gasteiger partial charge in [0.1, 0.15) is 0 Å². The molecule has 0 saturated heterocycles. The molecule has 1 aromatic carbocycles. The predicted molar refractivity (Wildman–Crippen MR) is 78.9 cm³/mol. The zero-order chi connectivity index (χ0) is 15.0. The van der Waals surface area contributed by atoms with E-state index in [-0.39, 0.29) is 17.7 Å². The van der Waals surface area contributed by atoms with Crippen LogP contribution >= 0.6 is 0 Å². The van der Waals surface area contributed by atoms with Crippen molar-refractivity contribution in [3.8, 4) is 11.5 Å². The number of ether oxygens (including phenoxy) is 1. The Morgan fingerprint density at radius 2 is 2.15 bits per heavy atom. The second-order valence-electron chi connectivity index (χ2n) is 4.63. The molecule has 0 bridgehead atoms. The fraction of sp³-hybridized carbons (Fsp3) is 0.533. The van der Waals surface area contributed by atoms with Gasteiger partial charge in [0.05, 0.1) is 12.6 Å². The number of carbonyl (C=O) groups excluding carboxylic acids is 1. The number of hydrogen-bond donors (Lipinski definition) is 3. The monoisotopic (exact) mass is 280 g/mol. The smallest absolute Gasteiger partial charge is 0.236 e. The molecule has 0 aliphatic rings. The summed E-state index contributed by atoms with van der Waals surface area (Å²) in [5, 5.41) is 15.6. The van der Waals surface area contributed by atoms with Crippen molar-refractivity contribution in [3.63, 3.8) is 0 Å². The van der Waals surface area contributed by atoms with Gasteiger partial charge in [-0.15, -0.1) is 0 Å². The minimum absolute atomic E-state index is 0.00402. The Morgan fingerprint density at radius 3 is 2.80 bits per heavy atom. The van der Waals surface area contributed by atoms with Crippen LogP contribution in [0.15, 0.2) is 18.2 Å². The van der Waals surface area contributed by atoms with Crippen molar-refractivity contribution >= 4 is 5.91 Å². The Labute approximate surface area is 120 Å². The van der Waals surface area contributed by atoms with Crippen molar-refractivity contribution in [1.29, 1.82) is 0 Å². The number of phenols is 1. The first-order chi connectivity index (χ1) is 9.58. The van der Waals surface area contributed by atoms with Gasteiger partial charge < -0.3 is 20.5 Å². The van der Waals surface area contributed by atoms with E-state index < -0.39 is 0 Å². The third kappa shape index (κ3) is 5.09. The van der Waals surface area contributed by atoms with Gasteiger partial charge in [0.25, 0.3) is 0 Å². The predicted octanol–water partition coefficient (Wildman–Crippen LogP) is 1.80. The minimum Gasteiger partial charge on any atom is -0.504 e. The third-order valence-corrected chi connectivity index (χ3v) is 2.88. The van der Waals surface area contributed by atoms with Crippen molar-refractivity contribution in [2.24, 2.45) is 0 Å². The average molecular weight is 280 g/mol. The molecule has 1 unspecified atom stereocenters. The molecule has 0 fully saturated rings. The lowest BCUT2D eigenvalue weighted by atomic mass is 10.2. The van der Waals surface area contributed by atoms with Gasteiger partial charge in [0, 0.05) is 13.1 Å². The molecule has 1 amide bonds. The van der Waals surface area contributed by atoms with Gasteiger partial charge in [-0.1, -0.05) is 13.0 Å². The molecule has 5 nitrogen and oxygen atoms in total. The lowest BCUT2D eigenvalue weighted by molar-refractivity contribution is -0.122. The van der Waals surface area contributed by atoms with Crippen LogP contribution in [0.25, 0.3) is 0 Å². The molecule has 0 aliphatic heterocycles. The molecule has 0 heterocycles. The first-order valence-electron chi connectivity index (χ1n) is 7.04. The second-order valence-corrected chi connectivity index (χ2v) is 4.63. The van der Waals surface area contributed by atoms with E-state index in [0.717, 1.165) is 12.0 Å². The van der Waals surface area contributed by atoms with Crippen molar-refractivity contribution in [2.45, 2.75) is 39.8 Å². The average Bonchev–Trinajstić information content (AvgIpc) is 2.45. The quantitative estimate of drug-likeness (QED) is 0.679. The summed E-state index contributed by atoms with van der Waals surface area (Å²) in [5.41, 5.74) is 0.960. The van der Waals surface area contributed by atoms with Gasteiger partial charge in [-0.3, -0.25) is 4.79 Å².